The summed E-state index contributed by atoms with van der Waals surface area (Å²) in [6.07, 6.45) is 0. The minimum Gasteiger partial charge on any atom is -0.478 e. The normalized spacial score (nSPS) is 19.3. The Balaban J connectivity index is 2.41. The van der Waals surface area contributed by atoms with E-state index in [-0.39, 0.29) is 16.7 Å². The number of hydrogen-bond donors (Lipinski definition) is 2. The van der Waals surface area contributed by atoms with Crippen LogP contribution in [0.4, 0.5) is 5.69 Å². The third-order valence-electron chi connectivity index (χ3n) is 2.16. The van der Waals surface area contributed by atoms with Gasteiger partial charge in [-0.15, -0.1) is 11.8 Å². The number of aromatic carboxylic acids is 1. The number of rotatable bonds is 1. The zero-order valence-electron chi connectivity index (χ0n) is 7.98. The highest BCUT2D eigenvalue weighted by Crippen LogP contribution is 2.35. The maximum atomic E-state index is 11.4. The van der Waals surface area contributed by atoms with E-state index < -0.39 is 5.97 Å². The number of nitrogens with one attached hydrogen (secondary N) is 1. The van der Waals surface area contributed by atoms with Crippen LogP contribution in [0, 0.1) is 0 Å². The van der Waals surface area contributed by atoms with Crippen molar-refractivity contribution in [3.63, 3.8) is 0 Å². The molecule has 0 unspecified atom stereocenters. The molecule has 0 saturated carbocycles. The van der Waals surface area contributed by atoms with Crippen LogP contribution in [-0.2, 0) is 4.79 Å². The van der Waals surface area contributed by atoms with Crippen molar-refractivity contribution in [2.45, 2.75) is 17.1 Å². The molecule has 2 rings (SSSR count). The van der Waals surface area contributed by atoms with E-state index in [1.165, 1.54) is 17.8 Å². The molecule has 5 heteroatoms. The van der Waals surface area contributed by atoms with E-state index in [0.717, 1.165) is 4.90 Å². The molecule has 78 valence electrons. The van der Waals surface area contributed by atoms with Gasteiger partial charge in [0.2, 0.25) is 5.91 Å². The first-order valence-corrected chi connectivity index (χ1v) is 5.31. The molecular weight excluding hydrogens is 214 g/mol. The van der Waals surface area contributed by atoms with Crippen LogP contribution in [0.25, 0.3) is 0 Å². The number of anilines is 1. The Kier molecular flexibility index (Phi) is 2.40. The van der Waals surface area contributed by atoms with Gasteiger partial charge in [-0.25, -0.2) is 4.79 Å². The van der Waals surface area contributed by atoms with Gasteiger partial charge in [0.25, 0.3) is 0 Å². The third kappa shape index (κ3) is 1.83. The first-order chi connectivity index (χ1) is 7.08. The molecule has 1 aliphatic rings. The quantitative estimate of drug-likeness (QED) is 0.762. The molecule has 15 heavy (non-hydrogen) atoms. The highest BCUT2D eigenvalue weighted by molar-refractivity contribution is 8.00. The highest BCUT2D eigenvalue weighted by atomic mass is 32.2. The predicted octanol–water partition coefficient (Wildman–Crippen LogP) is 1.82. The van der Waals surface area contributed by atoms with Crippen LogP contribution in [0.5, 0.6) is 0 Å². The van der Waals surface area contributed by atoms with Crippen LogP contribution in [0.15, 0.2) is 23.1 Å². The fourth-order valence-corrected chi connectivity index (χ4v) is 2.27. The molecule has 1 atom stereocenters. The van der Waals surface area contributed by atoms with Gasteiger partial charge in [-0.05, 0) is 25.1 Å². The summed E-state index contributed by atoms with van der Waals surface area (Å²) in [6, 6.07) is 4.74. The number of fused-ring (bicyclic) bond motifs is 1. The summed E-state index contributed by atoms with van der Waals surface area (Å²) < 4.78 is 0. The van der Waals surface area contributed by atoms with Gasteiger partial charge in [-0.2, -0.15) is 0 Å². The summed E-state index contributed by atoms with van der Waals surface area (Å²) in [7, 11) is 0. The molecule has 1 aliphatic heterocycles. The second-order valence-corrected chi connectivity index (χ2v) is 4.65. The molecule has 0 spiro atoms. The fourth-order valence-electron chi connectivity index (χ4n) is 1.34. The second-order valence-electron chi connectivity index (χ2n) is 3.27. The summed E-state index contributed by atoms with van der Waals surface area (Å²) >= 11 is 1.44. The maximum Gasteiger partial charge on any atom is 0.335 e. The number of thioether (sulfide) groups is 1. The Morgan fingerprint density at radius 2 is 2.27 bits per heavy atom. The van der Waals surface area contributed by atoms with E-state index in [9.17, 15) is 9.59 Å². The SMILES string of the molecule is C[C@H]1Sc2ccc(C(=O)O)cc2NC1=O. The molecule has 0 saturated heterocycles. The lowest BCUT2D eigenvalue weighted by molar-refractivity contribution is -0.115. The molecule has 1 aromatic carbocycles. The van der Waals surface area contributed by atoms with Crippen molar-refractivity contribution in [1.29, 1.82) is 0 Å². The zero-order valence-corrected chi connectivity index (χ0v) is 8.80. The molecule has 0 radical (unpaired) electrons. The average molecular weight is 223 g/mol. The third-order valence-corrected chi connectivity index (χ3v) is 3.33. The van der Waals surface area contributed by atoms with Gasteiger partial charge < -0.3 is 10.4 Å². The second kappa shape index (κ2) is 3.58. The number of benzene rings is 1. The monoisotopic (exact) mass is 223 g/mol. The molecule has 1 heterocycles. The smallest absolute Gasteiger partial charge is 0.335 e. The van der Waals surface area contributed by atoms with Gasteiger partial charge in [0.15, 0.2) is 0 Å². The highest BCUT2D eigenvalue weighted by Gasteiger charge is 2.23. The van der Waals surface area contributed by atoms with Crippen LogP contribution in [0.1, 0.15) is 17.3 Å². The minimum absolute atomic E-state index is 0.0879. The van der Waals surface area contributed by atoms with Gasteiger partial charge in [0.1, 0.15) is 0 Å². The van der Waals surface area contributed by atoms with E-state index >= 15 is 0 Å². The first-order valence-electron chi connectivity index (χ1n) is 4.43. The summed E-state index contributed by atoms with van der Waals surface area (Å²) in [5, 5.41) is 11.3. The molecule has 0 fully saturated rings. The van der Waals surface area contributed by atoms with Gasteiger partial charge in [-0.1, -0.05) is 0 Å². The molecule has 0 aromatic heterocycles. The number of carbonyl (C=O) groups is 2. The van der Waals surface area contributed by atoms with E-state index in [4.69, 9.17) is 5.11 Å². The lowest BCUT2D eigenvalue weighted by Crippen LogP contribution is -2.26. The van der Waals surface area contributed by atoms with Gasteiger partial charge >= 0.3 is 5.97 Å². The van der Waals surface area contributed by atoms with Gasteiger partial charge in [0.05, 0.1) is 16.5 Å². The van der Waals surface area contributed by atoms with Crippen molar-refractivity contribution in [2.75, 3.05) is 5.32 Å². The summed E-state index contributed by atoms with van der Waals surface area (Å²) in [4.78, 5) is 23.0. The Labute approximate surface area is 90.7 Å². The standard InChI is InChI=1S/C10H9NO3S/c1-5-9(12)11-7-4-6(10(13)14)2-3-8(7)15-5/h2-5H,1H3,(H,11,12)(H,13,14)/t5-/m1/s1. The Morgan fingerprint density at radius 1 is 1.53 bits per heavy atom. The van der Waals surface area contributed by atoms with Crippen molar-refractivity contribution >= 4 is 29.3 Å². The summed E-state index contributed by atoms with van der Waals surface area (Å²) in [5.74, 6) is -1.08. The largest absolute Gasteiger partial charge is 0.478 e. The average Bonchev–Trinajstić information content (AvgIpc) is 2.19. The Morgan fingerprint density at radius 3 is 2.93 bits per heavy atom. The van der Waals surface area contributed by atoms with Crippen LogP contribution in [-0.4, -0.2) is 22.2 Å². The molecule has 1 aromatic rings. The van der Waals surface area contributed by atoms with Crippen LogP contribution in [0.3, 0.4) is 0 Å². The van der Waals surface area contributed by atoms with E-state index in [2.05, 4.69) is 5.32 Å². The van der Waals surface area contributed by atoms with Crippen molar-refractivity contribution in [1.82, 2.24) is 0 Å². The molecule has 0 bridgehead atoms. The van der Waals surface area contributed by atoms with Crippen molar-refractivity contribution in [3.8, 4) is 0 Å². The lowest BCUT2D eigenvalue weighted by atomic mass is 10.2. The predicted molar refractivity (Wildman–Crippen MR) is 57.4 cm³/mol. The summed E-state index contributed by atoms with van der Waals surface area (Å²) in [5.41, 5.74) is 0.771. The van der Waals surface area contributed by atoms with Crippen LogP contribution >= 0.6 is 11.8 Å². The number of amides is 1. The van der Waals surface area contributed by atoms with Crippen LogP contribution < -0.4 is 5.32 Å². The number of carboxylic acids is 1. The van der Waals surface area contributed by atoms with E-state index in [1.54, 1.807) is 12.1 Å². The minimum atomic E-state index is -0.990. The first kappa shape index (κ1) is 10.0. The molecule has 2 N–H and O–H groups in total. The Hall–Kier alpha value is -1.49. The van der Waals surface area contributed by atoms with Crippen molar-refractivity contribution < 1.29 is 14.7 Å². The van der Waals surface area contributed by atoms with E-state index in [0.29, 0.717) is 5.69 Å². The number of hydrogen-bond acceptors (Lipinski definition) is 3. The van der Waals surface area contributed by atoms with Crippen molar-refractivity contribution in [2.24, 2.45) is 0 Å². The Bertz CT molecular complexity index is 444. The topological polar surface area (TPSA) is 66.4 Å². The zero-order chi connectivity index (χ0) is 11.0. The molecular formula is C10H9NO3S. The number of carboxylic acid groups (broad SMARTS) is 1. The maximum absolute atomic E-state index is 11.4. The molecule has 1 amide bonds. The van der Waals surface area contributed by atoms with Gasteiger partial charge in [-0.3, -0.25) is 4.79 Å². The molecule has 4 nitrogen and oxygen atoms in total. The van der Waals surface area contributed by atoms with E-state index in [1.807, 2.05) is 6.92 Å². The molecule has 0 aliphatic carbocycles. The van der Waals surface area contributed by atoms with Crippen molar-refractivity contribution in [3.05, 3.63) is 23.8 Å². The fraction of sp³-hybridized carbons (Fsp3) is 0.200. The lowest BCUT2D eigenvalue weighted by Gasteiger charge is -2.21. The van der Waals surface area contributed by atoms with Gasteiger partial charge in [0, 0.05) is 4.90 Å². The summed E-state index contributed by atoms with van der Waals surface area (Å²) in [6.45, 7) is 1.81. The van der Waals surface area contributed by atoms with Crippen LogP contribution in [0.2, 0.25) is 0 Å². The number of carbonyl (C=O) groups excluding carboxylic acids is 1.